The van der Waals surface area contributed by atoms with Crippen molar-refractivity contribution in [1.82, 2.24) is 0 Å². The molecule has 0 aliphatic heterocycles. The van der Waals surface area contributed by atoms with E-state index in [1.807, 2.05) is 0 Å². The van der Waals surface area contributed by atoms with Gasteiger partial charge in [-0.3, -0.25) is 0 Å². The third-order valence-electron chi connectivity index (χ3n) is 4.87. The molecule has 129 valence electrons. The van der Waals surface area contributed by atoms with Crippen LogP contribution in [0.25, 0.3) is 0 Å². The molecule has 0 heterocycles. The van der Waals surface area contributed by atoms with Crippen LogP contribution in [0.5, 0.6) is 0 Å². The predicted molar refractivity (Wildman–Crippen MR) is 109 cm³/mol. The van der Waals surface area contributed by atoms with Gasteiger partial charge >= 0.3 is 0 Å². The second-order valence-corrected chi connectivity index (χ2v) is 6.46. The molecular formula is C26H21Nd. The van der Waals surface area contributed by atoms with Crippen LogP contribution in [0.15, 0.2) is 121 Å². The van der Waals surface area contributed by atoms with Gasteiger partial charge < -0.3 is 0 Å². The van der Waals surface area contributed by atoms with E-state index in [1.165, 1.54) is 22.3 Å². The molecule has 27 heavy (non-hydrogen) atoms. The fourth-order valence-electron chi connectivity index (χ4n) is 3.65. The molecule has 4 aromatic rings. The Morgan fingerprint density at radius 2 is 0.704 bits per heavy atom. The van der Waals surface area contributed by atoms with Crippen LogP contribution < -0.4 is 0 Å². The van der Waals surface area contributed by atoms with Gasteiger partial charge in [0.1, 0.15) is 0 Å². The summed E-state index contributed by atoms with van der Waals surface area (Å²) in [6.07, 6.45) is 2.38. The number of benzene rings is 4. The van der Waals surface area contributed by atoms with Crippen molar-refractivity contribution in [2.24, 2.45) is 0 Å². The molecule has 1 radical (unpaired) electrons. The average Bonchev–Trinajstić information content (AvgIpc) is 2.75. The fraction of sp³-hybridized carbons (Fsp3) is 0.0385. The third-order valence-corrected chi connectivity index (χ3v) is 4.87. The van der Waals surface area contributed by atoms with Gasteiger partial charge in [0, 0.05) is 47.3 Å². The van der Waals surface area contributed by atoms with Crippen molar-refractivity contribution in [1.29, 1.82) is 0 Å². The molecule has 4 rings (SSSR count). The zero-order chi connectivity index (χ0) is 17.7. The summed E-state index contributed by atoms with van der Waals surface area (Å²) >= 11 is 0. The minimum atomic E-state index is -0.342. The first-order valence-corrected chi connectivity index (χ1v) is 8.97. The average molecular weight is 478 g/mol. The molecule has 0 fully saturated rings. The van der Waals surface area contributed by atoms with Crippen LogP contribution in [0, 0.1) is 47.3 Å². The van der Waals surface area contributed by atoms with Crippen molar-refractivity contribution >= 4 is 0 Å². The quantitative estimate of drug-likeness (QED) is 0.297. The van der Waals surface area contributed by atoms with E-state index >= 15 is 0 Å². The summed E-state index contributed by atoms with van der Waals surface area (Å²) < 4.78 is 0. The molecule has 0 nitrogen and oxygen atoms in total. The minimum Gasteiger partial charge on any atom is -0.0622 e. The molecule has 0 unspecified atom stereocenters. The van der Waals surface area contributed by atoms with E-state index in [0.717, 1.165) is 0 Å². The summed E-state index contributed by atoms with van der Waals surface area (Å²) in [7, 11) is 0. The van der Waals surface area contributed by atoms with Gasteiger partial charge in [-0.15, -0.1) is 0 Å². The smallest absolute Gasteiger partial charge is 0.0526 e. The molecule has 0 bridgehead atoms. The van der Waals surface area contributed by atoms with Gasteiger partial charge in [-0.25, -0.2) is 0 Å². The molecule has 0 amide bonds. The standard InChI is InChI=1S/C26H21.Nd/c1-5-13-22(14-6-1)21-26(23-15-7-2-8-16-23,24-17-9-3-10-18-24)25-19-11-4-12-20-25;/h1-21H;. The van der Waals surface area contributed by atoms with Crippen molar-refractivity contribution in [2.75, 3.05) is 0 Å². The van der Waals surface area contributed by atoms with Crippen LogP contribution in [0.4, 0.5) is 0 Å². The van der Waals surface area contributed by atoms with E-state index in [2.05, 4.69) is 128 Å². The van der Waals surface area contributed by atoms with Gasteiger partial charge in [-0.05, 0) is 22.3 Å². The second kappa shape index (κ2) is 9.43. The molecule has 1 heteroatoms. The molecule has 0 saturated carbocycles. The van der Waals surface area contributed by atoms with Gasteiger partial charge in [-0.2, -0.15) is 0 Å². The Balaban J connectivity index is 0.00000210. The molecule has 0 aliphatic carbocycles. The van der Waals surface area contributed by atoms with Crippen molar-refractivity contribution in [2.45, 2.75) is 5.41 Å². The molecular weight excluding hydrogens is 457 g/mol. The van der Waals surface area contributed by atoms with E-state index in [9.17, 15) is 0 Å². The van der Waals surface area contributed by atoms with Crippen molar-refractivity contribution in [3.05, 3.63) is 150 Å². The maximum absolute atomic E-state index is 2.38. The van der Waals surface area contributed by atoms with Crippen LogP contribution in [0.1, 0.15) is 22.3 Å². The van der Waals surface area contributed by atoms with Crippen LogP contribution in [-0.4, -0.2) is 0 Å². The Hall–Kier alpha value is -1.77. The molecule has 0 saturated heterocycles. The predicted octanol–water partition coefficient (Wildman–Crippen LogP) is 6.27. The van der Waals surface area contributed by atoms with Crippen molar-refractivity contribution < 1.29 is 40.8 Å². The van der Waals surface area contributed by atoms with E-state index < -0.39 is 0 Å². The van der Waals surface area contributed by atoms with Gasteiger partial charge in [0.15, 0.2) is 0 Å². The first kappa shape index (κ1) is 20.0. The Morgan fingerprint density at radius 1 is 0.407 bits per heavy atom. The number of rotatable bonds is 5. The summed E-state index contributed by atoms with van der Waals surface area (Å²) in [5, 5.41) is 0. The SMILES string of the molecule is [CH](c1ccccc1)C(c1ccccc1)(c1ccccc1)c1ccccc1.[Nd]. The van der Waals surface area contributed by atoms with E-state index in [-0.39, 0.29) is 46.3 Å². The van der Waals surface area contributed by atoms with E-state index in [0.29, 0.717) is 0 Å². The zero-order valence-corrected chi connectivity index (χ0v) is 18.3. The van der Waals surface area contributed by atoms with Crippen molar-refractivity contribution in [3.8, 4) is 0 Å². The van der Waals surface area contributed by atoms with Crippen LogP contribution in [0.2, 0.25) is 0 Å². The first-order chi connectivity index (χ1) is 12.9. The van der Waals surface area contributed by atoms with Gasteiger partial charge in [0.05, 0.1) is 5.41 Å². The third kappa shape index (κ3) is 4.23. The van der Waals surface area contributed by atoms with Gasteiger partial charge in [0.2, 0.25) is 0 Å². The summed E-state index contributed by atoms with van der Waals surface area (Å²) in [6.45, 7) is 0. The van der Waals surface area contributed by atoms with Crippen molar-refractivity contribution in [3.63, 3.8) is 0 Å². The Bertz CT molecular complexity index is 836. The van der Waals surface area contributed by atoms with Crippen LogP contribution >= 0.6 is 0 Å². The topological polar surface area (TPSA) is 0 Å². The molecule has 4 aromatic carbocycles. The Kier molecular flexibility index (Phi) is 6.98. The van der Waals surface area contributed by atoms with Gasteiger partial charge in [0.25, 0.3) is 0 Å². The Morgan fingerprint density at radius 3 is 1.04 bits per heavy atom. The molecule has 0 aromatic heterocycles. The molecule has 0 N–H and O–H groups in total. The van der Waals surface area contributed by atoms with Crippen LogP contribution in [-0.2, 0) is 5.41 Å². The van der Waals surface area contributed by atoms with E-state index in [4.69, 9.17) is 0 Å². The number of hydrogen-bond acceptors (Lipinski definition) is 0. The summed E-state index contributed by atoms with van der Waals surface area (Å²) in [5.74, 6) is 0. The Labute approximate surface area is 194 Å². The van der Waals surface area contributed by atoms with E-state index in [1.54, 1.807) is 0 Å². The van der Waals surface area contributed by atoms with Gasteiger partial charge in [-0.1, -0.05) is 121 Å². The maximum atomic E-state index is 2.38. The monoisotopic (exact) mass is 475 g/mol. The fourth-order valence-corrected chi connectivity index (χ4v) is 3.65. The summed E-state index contributed by atoms with van der Waals surface area (Å²) in [6, 6.07) is 42.9. The summed E-state index contributed by atoms with van der Waals surface area (Å²) in [4.78, 5) is 0. The summed E-state index contributed by atoms with van der Waals surface area (Å²) in [5.41, 5.74) is 4.67. The normalized spacial score (nSPS) is 10.8. The molecule has 0 spiro atoms. The first-order valence-electron chi connectivity index (χ1n) is 8.97. The molecule has 0 aliphatic rings. The largest absolute Gasteiger partial charge is 0.0622 e. The number of hydrogen-bond donors (Lipinski definition) is 0. The van der Waals surface area contributed by atoms with Crippen LogP contribution in [0.3, 0.4) is 0 Å². The maximum Gasteiger partial charge on any atom is 0.0526 e. The zero-order valence-electron chi connectivity index (χ0n) is 15.1. The second-order valence-electron chi connectivity index (χ2n) is 6.46. The minimum absolute atomic E-state index is 0. The molecule has 0 atom stereocenters.